The van der Waals surface area contributed by atoms with Crippen LogP contribution in [0.2, 0.25) is 5.02 Å². The minimum Gasteiger partial charge on any atom is -0.335 e. The molecule has 3 rings (SSSR count). The number of hydrogen-bond donors (Lipinski definition) is 0. The molecule has 1 unspecified atom stereocenters. The van der Waals surface area contributed by atoms with Gasteiger partial charge in [0.05, 0.1) is 17.3 Å². The summed E-state index contributed by atoms with van der Waals surface area (Å²) in [6, 6.07) is 3.78. The molecule has 1 aromatic heterocycles. The highest BCUT2D eigenvalue weighted by molar-refractivity contribution is 6.30. The molecule has 0 spiro atoms. The van der Waals surface area contributed by atoms with Crippen molar-refractivity contribution in [2.24, 2.45) is 7.05 Å². The summed E-state index contributed by atoms with van der Waals surface area (Å²) in [5.41, 5.74) is 0.509. The second-order valence-corrected chi connectivity index (χ2v) is 6.39. The van der Waals surface area contributed by atoms with Crippen LogP contribution in [0.3, 0.4) is 0 Å². The summed E-state index contributed by atoms with van der Waals surface area (Å²) in [6.45, 7) is 0.520. The molecule has 7 heteroatoms. The third kappa shape index (κ3) is 3.33. The molecule has 1 fully saturated rings. The number of carbonyl (C=O) groups is 2. The largest absolute Gasteiger partial charge is 0.335 e. The van der Waals surface area contributed by atoms with Crippen molar-refractivity contribution in [2.45, 2.75) is 25.3 Å². The van der Waals surface area contributed by atoms with Crippen LogP contribution < -0.4 is 0 Å². The average Bonchev–Trinajstić information content (AvgIpc) is 3.15. The Morgan fingerprint density at radius 1 is 1.42 bits per heavy atom. The lowest BCUT2D eigenvalue weighted by Gasteiger charge is -2.24. The van der Waals surface area contributed by atoms with E-state index in [0.29, 0.717) is 12.1 Å². The number of nitrogens with zero attached hydrogens (tertiary/aromatic N) is 3. The number of aryl methyl sites for hydroxylation is 1. The van der Waals surface area contributed by atoms with Crippen molar-refractivity contribution < 1.29 is 14.0 Å². The van der Waals surface area contributed by atoms with Crippen LogP contribution in [-0.2, 0) is 7.05 Å². The maximum atomic E-state index is 14.0. The van der Waals surface area contributed by atoms with E-state index in [1.807, 2.05) is 0 Å². The number of carbonyl (C=O) groups excluding carboxylic acids is 2. The lowest BCUT2D eigenvalue weighted by atomic mass is 10.0. The quantitative estimate of drug-likeness (QED) is 0.797. The highest BCUT2D eigenvalue weighted by atomic mass is 35.5. The molecule has 0 radical (unpaired) electrons. The van der Waals surface area contributed by atoms with Crippen molar-refractivity contribution in [1.29, 1.82) is 0 Å². The third-order valence-corrected chi connectivity index (χ3v) is 4.48. The SMILES string of the molecule is Cn1cc(C(=O)CC2CCCN2C(=O)c2ccc(Cl)cc2F)cn1. The molecule has 126 valence electrons. The van der Waals surface area contributed by atoms with Gasteiger partial charge >= 0.3 is 0 Å². The highest BCUT2D eigenvalue weighted by Gasteiger charge is 2.32. The predicted octanol–water partition coefficient (Wildman–Crippen LogP) is 3.09. The molecule has 0 bridgehead atoms. The molecule has 2 aromatic rings. The van der Waals surface area contributed by atoms with Crippen LogP contribution >= 0.6 is 11.6 Å². The fourth-order valence-corrected chi connectivity index (χ4v) is 3.19. The van der Waals surface area contributed by atoms with Gasteiger partial charge in [-0.15, -0.1) is 0 Å². The molecule has 1 atom stereocenters. The second-order valence-electron chi connectivity index (χ2n) is 5.95. The number of benzene rings is 1. The van der Waals surface area contributed by atoms with E-state index in [4.69, 9.17) is 11.6 Å². The first-order valence-corrected chi connectivity index (χ1v) is 8.11. The van der Waals surface area contributed by atoms with Crippen LogP contribution in [0, 0.1) is 5.82 Å². The Labute approximate surface area is 144 Å². The summed E-state index contributed by atoms with van der Waals surface area (Å²) in [4.78, 5) is 26.6. The van der Waals surface area contributed by atoms with Gasteiger partial charge in [0.1, 0.15) is 5.82 Å². The molecule has 1 aliphatic rings. The molecular formula is C17H17ClFN3O2. The van der Waals surface area contributed by atoms with E-state index in [1.54, 1.807) is 22.8 Å². The lowest BCUT2D eigenvalue weighted by Crippen LogP contribution is -2.37. The average molecular weight is 350 g/mol. The number of likely N-dealkylation sites (tertiary alicyclic amines) is 1. The number of Topliss-reactive ketones (excluding diaryl/α,β-unsaturated/α-hetero) is 1. The molecule has 1 aromatic carbocycles. The van der Waals surface area contributed by atoms with Crippen molar-refractivity contribution in [3.8, 4) is 0 Å². The second kappa shape index (κ2) is 6.73. The lowest BCUT2D eigenvalue weighted by molar-refractivity contribution is 0.0713. The minimum atomic E-state index is -0.642. The van der Waals surface area contributed by atoms with Gasteiger partial charge in [0.2, 0.25) is 0 Å². The summed E-state index contributed by atoms with van der Waals surface area (Å²) >= 11 is 5.73. The molecule has 2 heterocycles. The first-order chi connectivity index (χ1) is 11.5. The number of aromatic nitrogens is 2. The zero-order chi connectivity index (χ0) is 17.3. The van der Waals surface area contributed by atoms with Gasteiger partial charge in [-0.05, 0) is 31.0 Å². The Bertz CT molecular complexity index is 790. The molecule has 1 amide bonds. The Morgan fingerprint density at radius 2 is 2.21 bits per heavy atom. The summed E-state index contributed by atoms with van der Waals surface area (Å²) in [5.74, 6) is -1.10. The minimum absolute atomic E-state index is 0.0138. The van der Waals surface area contributed by atoms with Crippen molar-refractivity contribution >= 4 is 23.3 Å². The number of amides is 1. The smallest absolute Gasteiger partial charge is 0.257 e. The van der Waals surface area contributed by atoms with Gasteiger partial charge in [-0.2, -0.15) is 5.10 Å². The molecule has 24 heavy (non-hydrogen) atoms. The van der Waals surface area contributed by atoms with Crippen molar-refractivity contribution in [3.63, 3.8) is 0 Å². The summed E-state index contributed by atoms with van der Waals surface area (Å²) in [6.07, 6.45) is 4.91. The molecule has 0 aliphatic carbocycles. The topological polar surface area (TPSA) is 55.2 Å². The maximum Gasteiger partial charge on any atom is 0.257 e. The van der Waals surface area contributed by atoms with Crippen molar-refractivity contribution in [1.82, 2.24) is 14.7 Å². The number of rotatable bonds is 4. The zero-order valence-corrected chi connectivity index (χ0v) is 14.0. The first-order valence-electron chi connectivity index (χ1n) is 7.73. The van der Waals surface area contributed by atoms with Crippen LogP contribution in [0.25, 0.3) is 0 Å². The standard InChI is InChI=1S/C17H17ClFN3O2/c1-21-10-11(9-20-21)16(23)8-13-3-2-6-22(13)17(24)14-5-4-12(18)7-15(14)19/h4-5,7,9-10,13H,2-3,6,8H2,1H3. The van der Waals surface area contributed by atoms with E-state index in [0.717, 1.165) is 18.9 Å². The Balaban J connectivity index is 1.75. The fourth-order valence-electron chi connectivity index (χ4n) is 3.03. The molecule has 5 nitrogen and oxygen atoms in total. The Hall–Kier alpha value is -2.21. The Morgan fingerprint density at radius 3 is 2.88 bits per heavy atom. The van der Waals surface area contributed by atoms with Crippen LogP contribution in [0.4, 0.5) is 4.39 Å². The molecule has 0 saturated carbocycles. The van der Waals surface area contributed by atoms with Crippen LogP contribution in [0.1, 0.15) is 40.0 Å². The van der Waals surface area contributed by atoms with E-state index in [-0.39, 0.29) is 28.8 Å². The van der Waals surface area contributed by atoms with E-state index in [9.17, 15) is 14.0 Å². The first kappa shape index (κ1) is 16.6. The van der Waals surface area contributed by atoms with Gasteiger partial charge in [0.25, 0.3) is 5.91 Å². The molecule has 1 saturated heterocycles. The van der Waals surface area contributed by atoms with Gasteiger partial charge < -0.3 is 4.90 Å². The fraction of sp³-hybridized carbons (Fsp3) is 0.353. The van der Waals surface area contributed by atoms with E-state index in [2.05, 4.69) is 5.10 Å². The summed E-state index contributed by atoms with van der Waals surface area (Å²) in [7, 11) is 1.74. The normalized spacial score (nSPS) is 17.3. The van der Waals surface area contributed by atoms with Crippen LogP contribution in [0.5, 0.6) is 0 Å². The van der Waals surface area contributed by atoms with Gasteiger partial charge in [-0.1, -0.05) is 11.6 Å². The van der Waals surface area contributed by atoms with Crippen molar-refractivity contribution in [2.75, 3.05) is 6.54 Å². The molecule has 1 aliphatic heterocycles. The predicted molar refractivity (Wildman–Crippen MR) is 87.6 cm³/mol. The van der Waals surface area contributed by atoms with Gasteiger partial charge in [0.15, 0.2) is 5.78 Å². The van der Waals surface area contributed by atoms with Gasteiger partial charge in [-0.25, -0.2) is 4.39 Å². The van der Waals surface area contributed by atoms with Gasteiger partial charge in [-0.3, -0.25) is 14.3 Å². The Kier molecular flexibility index (Phi) is 4.66. The maximum absolute atomic E-state index is 14.0. The molecular weight excluding hydrogens is 333 g/mol. The highest BCUT2D eigenvalue weighted by Crippen LogP contribution is 2.25. The van der Waals surface area contributed by atoms with Gasteiger partial charge in [0, 0.05) is 37.3 Å². The van der Waals surface area contributed by atoms with E-state index < -0.39 is 11.7 Å². The zero-order valence-electron chi connectivity index (χ0n) is 13.2. The molecule has 0 N–H and O–H groups in total. The van der Waals surface area contributed by atoms with Crippen LogP contribution in [0.15, 0.2) is 30.6 Å². The third-order valence-electron chi connectivity index (χ3n) is 4.25. The number of halogens is 2. The monoisotopic (exact) mass is 349 g/mol. The summed E-state index contributed by atoms with van der Waals surface area (Å²) in [5, 5.41) is 4.23. The number of ketones is 1. The van der Waals surface area contributed by atoms with Crippen LogP contribution in [-0.4, -0.2) is 39.0 Å². The van der Waals surface area contributed by atoms with Crippen molar-refractivity contribution in [3.05, 3.63) is 52.6 Å². The van der Waals surface area contributed by atoms with E-state index >= 15 is 0 Å². The van der Waals surface area contributed by atoms with E-state index in [1.165, 1.54) is 18.3 Å². The summed E-state index contributed by atoms with van der Waals surface area (Å²) < 4.78 is 15.6. The number of hydrogen-bond acceptors (Lipinski definition) is 3.